The third kappa shape index (κ3) is 4.38. The number of nitrogen functional groups attached to an aromatic ring is 1. The highest BCUT2D eigenvalue weighted by molar-refractivity contribution is 7.89. The molecule has 0 radical (unpaired) electrons. The van der Waals surface area contributed by atoms with Crippen LogP contribution >= 0.6 is 0 Å². The summed E-state index contributed by atoms with van der Waals surface area (Å²) in [7, 11) is -3.27. The van der Waals surface area contributed by atoms with Crippen molar-refractivity contribution in [3.05, 3.63) is 24.3 Å². The minimum absolute atomic E-state index is 0.0401. The zero-order valence-corrected chi connectivity index (χ0v) is 12.6. The van der Waals surface area contributed by atoms with Crippen LogP contribution in [0.2, 0.25) is 0 Å². The second kappa shape index (κ2) is 6.01. The zero-order valence-electron chi connectivity index (χ0n) is 11.8. The van der Waals surface area contributed by atoms with Crippen LogP contribution in [-0.2, 0) is 10.0 Å². The summed E-state index contributed by atoms with van der Waals surface area (Å²) in [5.74, 6) is 0.550. The van der Waals surface area contributed by atoms with Crippen LogP contribution in [-0.4, -0.2) is 27.3 Å². The van der Waals surface area contributed by atoms with Gasteiger partial charge in [0.1, 0.15) is 12.4 Å². The van der Waals surface area contributed by atoms with Crippen LogP contribution in [0.5, 0.6) is 5.75 Å². The van der Waals surface area contributed by atoms with Crippen molar-refractivity contribution < 1.29 is 13.2 Å². The summed E-state index contributed by atoms with van der Waals surface area (Å²) in [5.41, 5.74) is 6.43. The summed E-state index contributed by atoms with van der Waals surface area (Å²) in [6.45, 7) is 2.77. The van der Waals surface area contributed by atoms with E-state index in [4.69, 9.17) is 10.5 Å². The Morgan fingerprint density at radius 2 is 2.15 bits per heavy atom. The Labute approximate surface area is 120 Å². The van der Waals surface area contributed by atoms with E-state index in [1.54, 1.807) is 24.3 Å². The van der Waals surface area contributed by atoms with Gasteiger partial charge in [0.05, 0.1) is 5.75 Å². The topological polar surface area (TPSA) is 81.4 Å². The van der Waals surface area contributed by atoms with Crippen molar-refractivity contribution in [3.8, 4) is 5.75 Å². The second-order valence-electron chi connectivity index (χ2n) is 5.41. The van der Waals surface area contributed by atoms with Gasteiger partial charge in [-0.3, -0.25) is 0 Å². The quantitative estimate of drug-likeness (QED) is 0.717. The number of anilines is 1. The van der Waals surface area contributed by atoms with Crippen molar-refractivity contribution in [2.75, 3.05) is 24.6 Å². The standard InChI is InChI=1S/C14H22N2O3S/c1-2-14(6-7-14)11-16-20(17,18)9-8-19-13-5-3-4-12(15)10-13/h3-5,10,16H,2,6-9,11,15H2,1H3. The molecular formula is C14H22N2O3S. The first kappa shape index (κ1) is 15.1. The van der Waals surface area contributed by atoms with E-state index < -0.39 is 10.0 Å². The Kier molecular flexibility index (Phi) is 4.55. The number of hydrogen-bond acceptors (Lipinski definition) is 4. The van der Waals surface area contributed by atoms with E-state index in [0.717, 1.165) is 19.3 Å². The van der Waals surface area contributed by atoms with Gasteiger partial charge in [0, 0.05) is 18.3 Å². The molecule has 1 aromatic carbocycles. The predicted octanol–water partition coefficient (Wildman–Crippen LogP) is 1.76. The summed E-state index contributed by atoms with van der Waals surface area (Å²) >= 11 is 0. The maximum absolute atomic E-state index is 11.9. The maximum Gasteiger partial charge on any atom is 0.214 e. The molecule has 0 aromatic heterocycles. The highest BCUT2D eigenvalue weighted by atomic mass is 32.2. The van der Waals surface area contributed by atoms with Crippen LogP contribution < -0.4 is 15.2 Å². The van der Waals surface area contributed by atoms with Crippen LogP contribution in [0.25, 0.3) is 0 Å². The molecule has 0 saturated heterocycles. The average Bonchev–Trinajstić information content (AvgIpc) is 3.17. The Bertz CT molecular complexity index is 553. The molecular weight excluding hydrogens is 276 g/mol. The van der Waals surface area contributed by atoms with Gasteiger partial charge >= 0.3 is 0 Å². The van der Waals surface area contributed by atoms with E-state index in [0.29, 0.717) is 18.0 Å². The lowest BCUT2D eigenvalue weighted by molar-refractivity contribution is 0.340. The highest BCUT2D eigenvalue weighted by Crippen LogP contribution is 2.47. The van der Waals surface area contributed by atoms with E-state index >= 15 is 0 Å². The number of benzene rings is 1. The summed E-state index contributed by atoms with van der Waals surface area (Å²) in [6, 6.07) is 6.96. The molecule has 2 rings (SSSR count). The van der Waals surface area contributed by atoms with E-state index in [9.17, 15) is 8.42 Å². The average molecular weight is 298 g/mol. The minimum Gasteiger partial charge on any atom is -0.492 e. The lowest BCUT2D eigenvalue weighted by atomic mass is 10.1. The normalized spacial score (nSPS) is 16.9. The Morgan fingerprint density at radius 3 is 2.75 bits per heavy atom. The predicted molar refractivity (Wildman–Crippen MR) is 80.1 cm³/mol. The van der Waals surface area contributed by atoms with Gasteiger partial charge in [-0.25, -0.2) is 13.1 Å². The van der Waals surface area contributed by atoms with Crippen LogP contribution in [0.15, 0.2) is 24.3 Å². The molecule has 0 unspecified atom stereocenters. The molecule has 20 heavy (non-hydrogen) atoms. The molecule has 0 spiro atoms. The minimum atomic E-state index is -3.27. The summed E-state index contributed by atoms with van der Waals surface area (Å²) in [4.78, 5) is 0. The van der Waals surface area contributed by atoms with Crippen LogP contribution in [0.3, 0.4) is 0 Å². The number of rotatable bonds is 8. The largest absolute Gasteiger partial charge is 0.492 e. The first-order chi connectivity index (χ1) is 9.45. The van der Waals surface area contributed by atoms with Crippen LogP contribution in [0, 0.1) is 5.41 Å². The molecule has 6 heteroatoms. The molecule has 1 aromatic rings. The lowest BCUT2D eigenvalue weighted by Crippen LogP contribution is -2.33. The third-order valence-corrected chi connectivity index (χ3v) is 5.14. The first-order valence-electron chi connectivity index (χ1n) is 6.90. The van der Waals surface area contributed by atoms with Crippen molar-refractivity contribution in [2.45, 2.75) is 26.2 Å². The van der Waals surface area contributed by atoms with Crippen molar-refractivity contribution in [1.29, 1.82) is 0 Å². The number of sulfonamides is 1. The number of hydrogen-bond donors (Lipinski definition) is 2. The second-order valence-corrected chi connectivity index (χ2v) is 7.34. The molecule has 0 bridgehead atoms. The van der Waals surface area contributed by atoms with Crippen molar-refractivity contribution in [3.63, 3.8) is 0 Å². The molecule has 1 aliphatic carbocycles. The number of ether oxygens (including phenoxy) is 1. The number of nitrogens with one attached hydrogen (secondary N) is 1. The first-order valence-corrected chi connectivity index (χ1v) is 8.56. The van der Waals surface area contributed by atoms with E-state index in [1.807, 2.05) is 0 Å². The fourth-order valence-electron chi connectivity index (χ4n) is 2.04. The van der Waals surface area contributed by atoms with Gasteiger partial charge in [0.15, 0.2) is 0 Å². The van der Waals surface area contributed by atoms with Crippen molar-refractivity contribution in [2.24, 2.45) is 5.41 Å². The fraction of sp³-hybridized carbons (Fsp3) is 0.571. The molecule has 1 saturated carbocycles. The van der Waals surface area contributed by atoms with E-state index in [2.05, 4.69) is 11.6 Å². The Hall–Kier alpha value is -1.27. The summed E-state index contributed by atoms with van der Waals surface area (Å²) in [6.07, 6.45) is 3.26. The molecule has 5 nitrogen and oxygen atoms in total. The van der Waals surface area contributed by atoms with Crippen molar-refractivity contribution >= 4 is 15.7 Å². The zero-order chi connectivity index (χ0) is 14.6. The monoisotopic (exact) mass is 298 g/mol. The molecule has 0 atom stereocenters. The lowest BCUT2D eigenvalue weighted by Gasteiger charge is -2.14. The van der Waals surface area contributed by atoms with Gasteiger partial charge in [-0.15, -0.1) is 0 Å². The van der Waals surface area contributed by atoms with Gasteiger partial charge < -0.3 is 10.5 Å². The Balaban J connectivity index is 1.75. The third-order valence-electron chi connectivity index (χ3n) is 3.85. The molecule has 0 heterocycles. The summed E-state index contributed by atoms with van der Waals surface area (Å²) < 4.78 is 31.8. The molecule has 1 fully saturated rings. The van der Waals surface area contributed by atoms with Gasteiger partial charge in [0.25, 0.3) is 0 Å². The smallest absolute Gasteiger partial charge is 0.214 e. The van der Waals surface area contributed by atoms with Gasteiger partial charge in [-0.2, -0.15) is 0 Å². The molecule has 3 N–H and O–H groups in total. The van der Waals surface area contributed by atoms with Gasteiger partial charge in [-0.05, 0) is 36.8 Å². The maximum atomic E-state index is 11.9. The van der Waals surface area contributed by atoms with Gasteiger partial charge in [0.2, 0.25) is 10.0 Å². The van der Waals surface area contributed by atoms with E-state index in [1.165, 1.54) is 0 Å². The molecule has 1 aliphatic rings. The molecule has 112 valence electrons. The number of nitrogens with two attached hydrogens (primary N) is 1. The van der Waals surface area contributed by atoms with E-state index in [-0.39, 0.29) is 17.8 Å². The van der Waals surface area contributed by atoms with Crippen LogP contribution in [0.1, 0.15) is 26.2 Å². The van der Waals surface area contributed by atoms with Crippen molar-refractivity contribution in [1.82, 2.24) is 4.72 Å². The molecule has 0 amide bonds. The van der Waals surface area contributed by atoms with Gasteiger partial charge in [-0.1, -0.05) is 13.0 Å². The SMILES string of the molecule is CCC1(CNS(=O)(=O)CCOc2cccc(N)c2)CC1. The highest BCUT2D eigenvalue weighted by Gasteiger charge is 2.41. The molecule has 0 aliphatic heterocycles. The fourth-order valence-corrected chi connectivity index (χ4v) is 3.01. The summed E-state index contributed by atoms with van der Waals surface area (Å²) in [5, 5.41) is 0. The Morgan fingerprint density at radius 1 is 1.40 bits per heavy atom. The van der Waals surface area contributed by atoms with Crippen LogP contribution in [0.4, 0.5) is 5.69 Å².